The van der Waals surface area contributed by atoms with E-state index in [4.69, 9.17) is 5.84 Å². The average molecular weight is 265 g/mol. The van der Waals surface area contributed by atoms with Gasteiger partial charge >= 0.3 is 0 Å². The molecule has 1 aromatic heterocycles. The highest BCUT2D eigenvalue weighted by molar-refractivity contribution is 5.92. The third-order valence-electron chi connectivity index (χ3n) is 3.33. The molecule has 0 saturated heterocycles. The van der Waals surface area contributed by atoms with Crippen LogP contribution in [0, 0.1) is 5.92 Å². The summed E-state index contributed by atoms with van der Waals surface area (Å²) < 4.78 is 0. The molecule has 0 bridgehead atoms. The Balaban J connectivity index is 2.76. The van der Waals surface area contributed by atoms with Crippen LogP contribution in [0.3, 0.4) is 0 Å². The molecule has 106 valence electrons. The van der Waals surface area contributed by atoms with Crippen LogP contribution in [0.15, 0.2) is 12.1 Å². The fourth-order valence-corrected chi connectivity index (χ4v) is 1.90. The summed E-state index contributed by atoms with van der Waals surface area (Å²) in [6.07, 6.45) is 2.14. The van der Waals surface area contributed by atoms with Gasteiger partial charge in [0.1, 0.15) is 0 Å². The number of hydrogen-bond acceptors (Lipinski definition) is 5. The van der Waals surface area contributed by atoms with Crippen molar-refractivity contribution in [3.63, 3.8) is 0 Å². The zero-order valence-corrected chi connectivity index (χ0v) is 11.9. The SMILES string of the molecule is CCC(CC)CN(CC)C(=O)c1ccc(NN)nn1. The largest absolute Gasteiger partial charge is 0.337 e. The van der Waals surface area contributed by atoms with E-state index >= 15 is 0 Å². The third kappa shape index (κ3) is 4.17. The highest BCUT2D eigenvalue weighted by Gasteiger charge is 2.18. The lowest BCUT2D eigenvalue weighted by Crippen LogP contribution is -2.35. The number of nitrogens with zero attached hydrogens (tertiary/aromatic N) is 3. The van der Waals surface area contributed by atoms with E-state index in [1.165, 1.54) is 0 Å². The van der Waals surface area contributed by atoms with Crippen LogP contribution in [-0.4, -0.2) is 34.1 Å². The van der Waals surface area contributed by atoms with E-state index in [2.05, 4.69) is 29.5 Å². The minimum atomic E-state index is -0.0783. The van der Waals surface area contributed by atoms with Crippen LogP contribution in [0.4, 0.5) is 5.82 Å². The van der Waals surface area contributed by atoms with E-state index in [1.54, 1.807) is 12.1 Å². The molecule has 0 radical (unpaired) electrons. The Bertz CT molecular complexity index is 389. The average Bonchev–Trinajstić information content (AvgIpc) is 2.48. The Hall–Kier alpha value is -1.69. The Morgan fingerprint density at radius 1 is 1.32 bits per heavy atom. The lowest BCUT2D eigenvalue weighted by atomic mass is 10.0. The molecular formula is C13H23N5O. The van der Waals surface area contributed by atoms with Crippen molar-refractivity contribution in [1.82, 2.24) is 15.1 Å². The number of nitrogens with two attached hydrogens (primary N) is 1. The normalized spacial score (nSPS) is 10.6. The summed E-state index contributed by atoms with van der Waals surface area (Å²) in [7, 11) is 0. The number of hydrogen-bond donors (Lipinski definition) is 2. The molecule has 19 heavy (non-hydrogen) atoms. The molecule has 1 amide bonds. The molecular weight excluding hydrogens is 242 g/mol. The van der Waals surface area contributed by atoms with E-state index in [0.29, 0.717) is 24.0 Å². The van der Waals surface area contributed by atoms with Crippen molar-refractivity contribution < 1.29 is 4.79 Å². The Morgan fingerprint density at radius 3 is 2.42 bits per heavy atom. The van der Waals surface area contributed by atoms with Gasteiger partial charge in [-0.2, -0.15) is 0 Å². The minimum absolute atomic E-state index is 0.0783. The Morgan fingerprint density at radius 2 is 2.00 bits per heavy atom. The summed E-state index contributed by atoms with van der Waals surface area (Å²) in [5.74, 6) is 6.11. The van der Waals surface area contributed by atoms with Crippen molar-refractivity contribution in [2.24, 2.45) is 11.8 Å². The summed E-state index contributed by atoms with van der Waals surface area (Å²) in [4.78, 5) is 14.1. The van der Waals surface area contributed by atoms with Gasteiger partial charge in [0.25, 0.3) is 5.91 Å². The first kappa shape index (κ1) is 15.4. The first-order chi connectivity index (χ1) is 9.15. The van der Waals surface area contributed by atoms with E-state index in [-0.39, 0.29) is 5.91 Å². The van der Waals surface area contributed by atoms with E-state index < -0.39 is 0 Å². The van der Waals surface area contributed by atoms with Crippen molar-refractivity contribution in [2.75, 3.05) is 18.5 Å². The van der Waals surface area contributed by atoms with Gasteiger partial charge in [-0.1, -0.05) is 26.7 Å². The molecule has 3 N–H and O–H groups in total. The summed E-state index contributed by atoms with van der Waals surface area (Å²) in [5, 5.41) is 7.71. The van der Waals surface area contributed by atoms with Crippen molar-refractivity contribution in [3.05, 3.63) is 17.8 Å². The summed E-state index contributed by atoms with van der Waals surface area (Å²) in [5.41, 5.74) is 2.74. The second-order valence-corrected chi connectivity index (χ2v) is 4.47. The first-order valence-corrected chi connectivity index (χ1v) is 6.75. The maximum atomic E-state index is 12.3. The molecule has 0 atom stereocenters. The van der Waals surface area contributed by atoms with Gasteiger partial charge in [0.05, 0.1) is 0 Å². The first-order valence-electron chi connectivity index (χ1n) is 6.75. The lowest BCUT2D eigenvalue weighted by molar-refractivity contribution is 0.0728. The molecule has 0 aromatic carbocycles. The number of aromatic nitrogens is 2. The zero-order chi connectivity index (χ0) is 14.3. The number of amides is 1. The van der Waals surface area contributed by atoms with Crippen LogP contribution in [0.25, 0.3) is 0 Å². The van der Waals surface area contributed by atoms with Gasteiger partial charge in [0.2, 0.25) is 0 Å². The number of carbonyl (C=O) groups excluding carboxylic acids is 1. The van der Waals surface area contributed by atoms with Gasteiger partial charge in [0, 0.05) is 13.1 Å². The maximum Gasteiger partial charge on any atom is 0.274 e. The van der Waals surface area contributed by atoms with E-state index in [0.717, 1.165) is 19.4 Å². The number of anilines is 1. The minimum Gasteiger partial charge on any atom is -0.337 e. The molecule has 0 aliphatic carbocycles. The fourth-order valence-electron chi connectivity index (χ4n) is 1.90. The maximum absolute atomic E-state index is 12.3. The number of rotatable bonds is 7. The van der Waals surface area contributed by atoms with Crippen molar-refractivity contribution in [3.8, 4) is 0 Å². The molecule has 1 aromatic rings. The van der Waals surface area contributed by atoms with E-state index in [1.807, 2.05) is 11.8 Å². The predicted molar refractivity (Wildman–Crippen MR) is 75.5 cm³/mol. The molecule has 6 nitrogen and oxygen atoms in total. The number of hydrazine groups is 1. The molecule has 0 unspecified atom stereocenters. The monoisotopic (exact) mass is 265 g/mol. The van der Waals surface area contributed by atoms with E-state index in [9.17, 15) is 4.79 Å². The van der Waals surface area contributed by atoms with Gasteiger partial charge in [-0.3, -0.25) is 4.79 Å². The van der Waals surface area contributed by atoms with Gasteiger partial charge in [0.15, 0.2) is 11.5 Å². The smallest absolute Gasteiger partial charge is 0.274 e. The third-order valence-corrected chi connectivity index (χ3v) is 3.33. The summed E-state index contributed by atoms with van der Waals surface area (Å²) in [6.45, 7) is 7.71. The molecule has 1 heterocycles. The highest BCUT2D eigenvalue weighted by atomic mass is 16.2. The standard InChI is InChI=1S/C13H23N5O/c1-4-10(5-2)9-18(6-3)13(19)11-7-8-12(15-14)17-16-11/h7-8,10H,4-6,9,14H2,1-3H3,(H,15,17). The zero-order valence-electron chi connectivity index (χ0n) is 11.9. The highest BCUT2D eigenvalue weighted by Crippen LogP contribution is 2.12. The van der Waals surface area contributed by atoms with Gasteiger partial charge < -0.3 is 10.3 Å². The topological polar surface area (TPSA) is 84.1 Å². The predicted octanol–water partition coefficient (Wildman–Crippen LogP) is 1.66. The van der Waals surface area contributed by atoms with Crippen LogP contribution in [0.1, 0.15) is 44.1 Å². The van der Waals surface area contributed by atoms with Crippen molar-refractivity contribution in [2.45, 2.75) is 33.6 Å². The Labute approximate surface area is 114 Å². The van der Waals surface area contributed by atoms with Gasteiger partial charge in [-0.15, -0.1) is 10.2 Å². The molecule has 0 aliphatic rings. The molecule has 6 heteroatoms. The van der Waals surface area contributed by atoms with Crippen molar-refractivity contribution in [1.29, 1.82) is 0 Å². The van der Waals surface area contributed by atoms with Crippen LogP contribution >= 0.6 is 0 Å². The molecule has 1 rings (SSSR count). The van der Waals surface area contributed by atoms with Crippen LogP contribution in [-0.2, 0) is 0 Å². The number of nitrogens with one attached hydrogen (secondary N) is 1. The van der Waals surface area contributed by atoms with Crippen LogP contribution in [0.2, 0.25) is 0 Å². The van der Waals surface area contributed by atoms with Crippen LogP contribution < -0.4 is 11.3 Å². The Kier molecular flexibility index (Phi) is 6.21. The molecule has 0 aliphatic heterocycles. The molecule has 0 saturated carbocycles. The molecule has 0 spiro atoms. The summed E-state index contributed by atoms with van der Waals surface area (Å²) in [6, 6.07) is 3.28. The van der Waals surface area contributed by atoms with Crippen LogP contribution in [0.5, 0.6) is 0 Å². The number of nitrogen functional groups attached to an aromatic ring is 1. The van der Waals surface area contributed by atoms with Gasteiger partial charge in [-0.25, -0.2) is 5.84 Å². The second kappa shape index (κ2) is 7.68. The lowest BCUT2D eigenvalue weighted by Gasteiger charge is -2.25. The quantitative estimate of drug-likeness (QED) is 0.578. The van der Waals surface area contributed by atoms with Crippen molar-refractivity contribution >= 4 is 11.7 Å². The second-order valence-electron chi connectivity index (χ2n) is 4.47. The number of carbonyl (C=O) groups is 1. The molecule has 0 fully saturated rings. The fraction of sp³-hybridized carbons (Fsp3) is 0.615. The van der Waals surface area contributed by atoms with Gasteiger partial charge in [-0.05, 0) is 25.0 Å². The summed E-state index contributed by atoms with van der Waals surface area (Å²) >= 11 is 0.